The fraction of sp³-hybridized carbons (Fsp3) is 0.368. The number of hydrogen-bond acceptors (Lipinski definition) is 4. The van der Waals surface area contributed by atoms with Gasteiger partial charge >= 0.3 is 0 Å². The van der Waals surface area contributed by atoms with E-state index < -0.39 is 0 Å². The Morgan fingerprint density at radius 2 is 1.80 bits per heavy atom. The van der Waals surface area contributed by atoms with E-state index in [1.165, 1.54) is 16.2 Å². The number of anilines is 2. The summed E-state index contributed by atoms with van der Waals surface area (Å²) in [4.78, 5) is 9.80. The summed E-state index contributed by atoms with van der Waals surface area (Å²) >= 11 is 0. The normalized spacial score (nSPS) is 12.6. The first kappa shape index (κ1) is 17.6. The van der Waals surface area contributed by atoms with Gasteiger partial charge in [0, 0.05) is 46.9 Å². The summed E-state index contributed by atoms with van der Waals surface area (Å²) in [5, 5.41) is 1.11. The predicted molar refractivity (Wildman–Crippen MR) is 110 cm³/mol. The van der Waals surface area contributed by atoms with E-state index in [9.17, 15) is 0 Å². The lowest BCUT2D eigenvalue weighted by atomic mass is 9.83. The Labute approximate surface area is 151 Å². The molecule has 5 nitrogen and oxygen atoms in total. The molecule has 0 radical (unpaired) electrons. The van der Waals surface area contributed by atoms with Crippen molar-refractivity contribution >= 4 is 33.4 Å². The van der Waals surface area contributed by atoms with Gasteiger partial charge in [0.1, 0.15) is 11.6 Å². The maximum atomic E-state index is 6.04. The molecule has 4 N–H and O–H groups in total. The zero-order chi connectivity index (χ0) is 18.4. The molecule has 3 aromatic heterocycles. The monoisotopic (exact) mass is 357 g/mol. The average Bonchev–Trinajstić information content (AvgIpc) is 2.86. The zero-order valence-corrected chi connectivity index (χ0v) is 16.4. The van der Waals surface area contributed by atoms with Crippen LogP contribution in [0.25, 0.3) is 10.9 Å². The van der Waals surface area contributed by atoms with E-state index in [0.717, 1.165) is 17.3 Å². The Morgan fingerprint density at radius 1 is 1.08 bits per heavy atom. The number of nitrogens with zero attached hydrogens (tertiary/aromatic N) is 3. The van der Waals surface area contributed by atoms with Gasteiger partial charge in [-0.1, -0.05) is 13.8 Å². The largest absolute Gasteiger partial charge is 0.384 e. The second-order valence-corrected chi connectivity index (χ2v) is 9.73. The quantitative estimate of drug-likeness (QED) is 0.626. The van der Waals surface area contributed by atoms with Crippen molar-refractivity contribution < 1.29 is 0 Å². The highest BCUT2D eigenvalue weighted by Crippen LogP contribution is 2.36. The lowest BCUT2D eigenvalue weighted by Crippen LogP contribution is -2.24. The summed E-state index contributed by atoms with van der Waals surface area (Å²) in [5.74, 6) is 1.20. The van der Waals surface area contributed by atoms with Crippen molar-refractivity contribution in [2.75, 3.05) is 24.0 Å². The Kier molecular flexibility index (Phi) is 4.41. The molecule has 0 fully saturated rings. The van der Waals surface area contributed by atoms with E-state index in [-0.39, 0.29) is 16.3 Å². The smallest absolute Gasteiger partial charge is 0.135 e. The number of aromatic nitrogens is 3. The van der Waals surface area contributed by atoms with Crippen molar-refractivity contribution in [1.82, 2.24) is 14.5 Å². The molecule has 0 amide bonds. The van der Waals surface area contributed by atoms with E-state index in [1.807, 2.05) is 18.5 Å². The Bertz CT molecular complexity index is 927. The van der Waals surface area contributed by atoms with Crippen LogP contribution in [0.3, 0.4) is 0 Å². The van der Waals surface area contributed by atoms with Gasteiger partial charge in [0.2, 0.25) is 0 Å². The third-order valence-electron chi connectivity index (χ3n) is 4.72. The highest BCUT2D eigenvalue weighted by Gasteiger charge is 2.26. The lowest BCUT2D eigenvalue weighted by molar-refractivity contribution is 0.488. The average molecular weight is 358 g/mol. The Morgan fingerprint density at radius 3 is 2.48 bits per heavy atom. The number of nitrogen functional groups attached to an aromatic ring is 2. The maximum absolute atomic E-state index is 6.04. The highest BCUT2D eigenvalue weighted by molar-refractivity contribution is 8.16. The van der Waals surface area contributed by atoms with Gasteiger partial charge in [-0.25, -0.2) is 20.9 Å². The molecule has 0 spiro atoms. The van der Waals surface area contributed by atoms with Crippen LogP contribution < -0.4 is 11.5 Å². The fourth-order valence-corrected chi connectivity index (χ4v) is 4.40. The first-order chi connectivity index (χ1) is 11.7. The molecule has 0 saturated carbocycles. The van der Waals surface area contributed by atoms with Crippen molar-refractivity contribution in [3.05, 3.63) is 41.9 Å². The minimum absolute atomic E-state index is 0.0537. The van der Waals surface area contributed by atoms with Gasteiger partial charge in [-0.3, -0.25) is 0 Å². The van der Waals surface area contributed by atoms with Crippen LogP contribution in [-0.2, 0) is 18.9 Å². The second-order valence-electron chi connectivity index (χ2n) is 7.46. The van der Waals surface area contributed by atoms with Gasteiger partial charge in [0.05, 0.1) is 5.52 Å². The molecule has 25 heavy (non-hydrogen) atoms. The fourth-order valence-electron chi connectivity index (χ4n) is 3.46. The number of rotatable bonds is 4. The molecule has 3 heterocycles. The molecule has 3 rings (SSSR count). The lowest BCUT2D eigenvalue weighted by Gasteiger charge is -2.26. The van der Waals surface area contributed by atoms with E-state index in [4.69, 9.17) is 11.5 Å². The minimum atomic E-state index is -0.270. The molecule has 6 heteroatoms. The van der Waals surface area contributed by atoms with Crippen molar-refractivity contribution in [3.63, 3.8) is 0 Å². The first-order valence-electron chi connectivity index (χ1n) is 8.32. The molecule has 134 valence electrons. The third-order valence-corrected chi connectivity index (χ3v) is 6.05. The Balaban J connectivity index is 2.00. The third kappa shape index (κ3) is 3.31. The molecule has 3 aromatic rings. The van der Waals surface area contributed by atoms with Crippen molar-refractivity contribution in [3.8, 4) is 0 Å². The SMILES string of the molecule is Cn1c(C(C)(C)Cc2cnc(N)c([SH](C)C)c2)cc2cnc(N)cc21. The van der Waals surface area contributed by atoms with Gasteiger partial charge in [0.15, 0.2) is 0 Å². The molecular formula is C19H27N5S. The summed E-state index contributed by atoms with van der Waals surface area (Å²) in [6.45, 7) is 4.52. The number of fused-ring (bicyclic) bond motifs is 1. The van der Waals surface area contributed by atoms with Gasteiger partial charge in [-0.15, -0.1) is 0 Å². The van der Waals surface area contributed by atoms with Crippen LogP contribution in [0.4, 0.5) is 11.6 Å². The summed E-state index contributed by atoms with van der Waals surface area (Å²) in [7, 11) is 1.82. The number of aryl methyl sites for hydroxylation is 1. The van der Waals surface area contributed by atoms with Crippen LogP contribution in [0.15, 0.2) is 35.5 Å². The van der Waals surface area contributed by atoms with E-state index in [0.29, 0.717) is 11.6 Å². The van der Waals surface area contributed by atoms with Crippen LogP contribution >= 0.6 is 10.9 Å². The van der Waals surface area contributed by atoms with Crippen LogP contribution in [0, 0.1) is 0 Å². The topological polar surface area (TPSA) is 82.8 Å². The predicted octanol–water partition coefficient (Wildman–Crippen LogP) is 3.27. The molecule has 0 unspecified atom stereocenters. The van der Waals surface area contributed by atoms with Gasteiger partial charge in [0.25, 0.3) is 0 Å². The molecule has 0 saturated heterocycles. The minimum Gasteiger partial charge on any atom is -0.384 e. The summed E-state index contributed by atoms with van der Waals surface area (Å²) in [5.41, 5.74) is 15.4. The highest BCUT2D eigenvalue weighted by atomic mass is 32.2. The van der Waals surface area contributed by atoms with Crippen molar-refractivity contribution in [1.29, 1.82) is 0 Å². The number of nitrogens with two attached hydrogens (primary N) is 2. The van der Waals surface area contributed by atoms with Crippen LogP contribution in [0.1, 0.15) is 25.1 Å². The summed E-state index contributed by atoms with van der Waals surface area (Å²) < 4.78 is 2.21. The van der Waals surface area contributed by atoms with E-state index in [2.05, 4.69) is 60.1 Å². The van der Waals surface area contributed by atoms with Crippen LogP contribution in [0.5, 0.6) is 0 Å². The molecule has 0 atom stereocenters. The summed E-state index contributed by atoms with van der Waals surface area (Å²) in [6, 6.07) is 6.36. The number of pyridine rings is 2. The van der Waals surface area contributed by atoms with Gasteiger partial charge in [-0.2, -0.15) is 0 Å². The van der Waals surface area contributed by atoms with Gasteiger partial charge < -0.3 is 16.0 Å². The molecule has 0 aliphatic heterocycles. The number of thiol groups is 1. The first-order valence-corrected chi connectivity index (χ1v) is 10.6. The maximum Gasteiger partial charge on any atom is 0.135 e. The standard InChI is InChI=1S/C19H27N5S/c1-19(2,9-12-6-15(25(4)5)18(21)23-10-12)16-7-13-11-22-17(20)8-14(13)24(16)3/h6-8,10-11,25H,9H2,1-5H3,(H2,20,22)(H2,21,23). The van der Waals surface area contributed by atoms with Crippen LogP contribution in [0.2, 0.25) is 0 Å². The van der Waals surface area contributed by atoms with Crippen molar-refractivity contribution in [2.24, 2.45) is 7.05 Å². The second kappa shape index (κ2) is 6.26. The molecule has 0 aromatic carbocycles. The van der Waals surface area contributed by atoms with Crippen LogP contribution in [-0.4, -0.2) is 27.0 Å². The Hall–Kier alpha value is -2.21. The molecule has 0 aliphatic carbocycles. The summed E-state index contributed by atoms with van der Waals surface area (Å²) in [6.07, 6.45) is 9.05. The van der Waals surface area contributed by atoms with E-state index >= 15 is 0 Å². The zero-order valence-electron chi connectivity index (χ0n) is 15.5. The molecule has 0 bridgehead atoms. The number of hydrogen-bond donors (Lipinski definition) is 3. The molecule has 0 aliphatic rings. The molecular weight excluding hydrogens is 330 g/mol. The van der Waals surface area contributed by atoms with Crippen molar-refractivity contribution in [2.45, 2.75) is 30.6 Å². The van der Waals surface area contributed by atoms with E-state index in [1.54, 1.807) is 0 Å². The van der Waals surface area contributed by atoms with Gasteiger partial charge in [-0.05, 0) is 36.6 Å².